The van der Waals surface area contributed by atoms with Crippen LogP contribution in [0.2, 0.25) is 0 Å². The molecule has 0 radical (unpaired) electrons. The van der Waals surface area contributed by atoms with E-state index in [-0.39, 0.29) is 16.2 Å². The van der Waals surface area contributed by atoms with Gasteiger partial charge in [0.15, 0.2) is 15.6 Å². The van der Waals surface area contributed by atoms with Crippen molar-refractivity contribution in [3.63, 3.8) is 0 Å². The lowest BCUT2D eigenvalue weighted by atomic mass is 9.97. The molecule has 0 atom stereocenters. The molecule has 0 aliphatic heterocycles. The van der Waals surface area contributed by atoms with Crippen LogP contribution in [-0.4, -0.2) is 38.5 Å². The van der Waals surface area contributed by atoms with Gasteiger partial charge < -0.3 is 5.11 Å². The van der Waals surface area contributed by atoms with E-state index in [1.807, 2.05) is 0 Å². The Hall–Kier alpha value is -2.19. The second-order valence-electron chi connectivity index (χ2n) is 4.55. The van der Waals surface area contributed by atoms with E-state index in [1.165, 1.54) is 24.3 Å². The van der Waals surface area contributed by atoms with E-state index in [0.29, 0.717) is 11.1 Å². The molecule has 0 saturated carbocycles. The van der Waals surface area contributed by atoms with Gasteiger partial charge in [0.05, 0.1) is 9.76 Å². The molecule has 1 N–H and O–H groups in total. The van der Waals surface area contributed by atoms with Crippen molar-refractivity contribution in [3.05, 3.63) is 48.1 Å². The molecule has 8 heteroatoms. The Morgan fingerprint density at radius 1 is 1.18 bits per heavy atom. The van der Waals surface area contributed by atoms with Crippen molar-refractivity contribution in [1.82, 2.24) is 0 Å². The largest absolute Gasteiger partial charge is 0.480 e. The van der Waals surface area contributed by atoms with Crippen molar-refractivity contribution in [2.45, 2.75) is 11.3 Å². The molecule has 0 fully saturated rings. The minimum Gasteiger partial charge on any atom is -0.480 e. The number of carbonyl (C=O) groups is 1. The van der Waals surface area contributed by atoms with E-state index in [2.05, 4.69) is 0 Å². The first kappa shape index (κ1) is 16.2. The Labute approximate surface area is 128 Å². The zero-order valence-electron chi connectivity index (χ0n) is 11.3. The molecule has 1 aromatic rings. The number of aliphatic carboxylic acids is 1. The van der Waals surface area contributed by atoms with Crippen LogP contribution in [0.4, 0.5) is 0 Å². The third-order valence-corrected chi connectivity index (χ3v) is 5.45. The molecule has 0 unspecified atom stereocenters. The van der Waals surface area contributed by atoms with Gasteiger partial charge in [0.2, 0.25) is 10.3 Å². The highest BCUT2D eigenvalue weighted by atomic mass is 32.2. The molecule has 2 rings (SSSR count). The van der Waals surface area contributed by atoms with Gasteiger partial charge in [-0.3, -0.25) is 4.79 Å². The first-order chi connectivity index (χ1) is 10.3. The van der Waals surface area contributed by atoms with E-state index in [1.54, 1.807) is 18.2 Å². The molecule has 0 bridgehead atoms. The van der Waals surface area contributed by atoms with Crippen LogP contribution in [0.25, 0.3) is 5.57 Å². The number of carboxylic acids is 1. The fraction of sp³-hybridized carbons (Fsp3) is 0.143. The molecule has 22 heavy (non-hydrogen) atoms. The number of allylic oxidation sites excluding steroid dienone is 4. The van der Waals surface area contributed by atoms with Crippen LogP contribution in [0.3, 0.4) is 0 Å². The molecular weight excluding hydrogens is 328 g/mol. The lowest BCUT2D eigenvalue weighted by Crippen LogP contribution is -2.15. The Morgan fingerprint density at radius 2 is 1.82 bits per heavy atom. The molecule has 0 aromatic heterocycles. The standard InChI is InChI=1S/C14H12O6S2/c15-14(16)9-22(19,20)11-7-5-10(6-8-11)12-3-1-2-4-13(12)21(17)18/h1-3,5-8H,4,9H2,(H,15,16). The Balaban J connectivity index is 2.42. The molecule has 0 amide bonds. The number of sulfone groups is 1. The van der Waals surface area contributed by atoms with Crippen molar-refractivity contribution >= 4 is 36.5 Å². The van der Waals surface area contributed by atoms with Crippen molar-refractivity contribution in [2.75, 3.05) is 5.75 Å². The van der Waals surface area contributed by atoms with Crippen LogP contribution >= 0.6 is 0 Å². The summed E-state index contributed by atoms with van der Waals surface area (Å²) in [5, 5.41) is 8.60. The molecule has 1 aromatic carbocycles. The second kappa shape index (κ2) is 6.29. The van der Waals surface area contributed by atoms with E-state index in [0.717, 1.165) is 0 Å². The number of hydrogen-bond acceptors (Lipinski definition) is 5. The minimum atomic E-state index is -3.90. The first-order valence-corrected chi connectivity index (χ1v) is 8.91. The summed E-state index contributed by atoms with van der Waals surface area (Å²) in [6.07, 6.45) is 5.34. The van der Waals surface area contributed by atoms with E-state index >= 15 is 0 Å². The monoisotopic (exact) mass is 340 g/mol. The molecular formula is C14H12O6S2. The summed E-state index contributed by atoms with van der Waals surface area (Å²) in [7, 11) is -6.26. The quantitative estimate of drug-likeness (QED) is 0.818. The predicted molar refractivity (Wildman–Crippen MR) is 81.8 cm³/mol. The first-order valence-electron chi connectivity index (χ1n) is 6.18. The van der Waals surface area contributed by atoms with Crippen molar-refractivity contribution < 1.29 is 26.7 Å². The summed E-state index contributed by atoms with van der Waals surface area (Å²) in [4.78, 5) is 10.7. The lowest BCUT2D eigenvalue weighted by molar-refractivity contribution is -0.134. The van der Waals surface area contributed by atoms with Gasteiger partial charge in [-0.25, -0.2) is 8.42 Å². The topological polar surface area (TPSA) is 106 Å². The fourth-order valence-corrected chi connectivity index (χ4v) is 3.69. The summed E-state index contributed by atoms with van der Waals surface area (Å²) in [5.41, 5.74) is 1.05. The highest BCUT2D eigenvalue weighted by Gasteiger charge is 2.19. The summed E-state index contributed by atoms with van der Waals surface area (Å²) in [6.45, 7) is 0. The van der Waals surface area contributed by atoms with Crippen LogP contribution < -0.4 is 0 Å². The van der Waals surface area contributed by atoms with Gasteiger partial charge in [0, 0.05) is 12.0 Å². The normalized spacial score (nSPS) is 14.5. The maximum atomic E-state index is 11.8. The minimum absolute atomic E-state index is 0.115. The summed E-state index contributed by atoms with van der Waals surface area (Å²) in [5.74, 6) is -2.42. The van der Waals surface area contributed by atoms with Gasteiger partial charge in [-0.2, -0.15) is 8.42 Å². The molecule has 6 nitrogen and oxygen atoms in total. The van der Waals surface area contributed by atoms with Crippen molar-refractivity contribution in [1.29, 1.82) is 0 Å². The molecule has 0 saturated heterocycles. The average molecular weight is 340 g/mol. The van der Waals surface area contributed by atoms with Crippen molar-refractivity contribution in [3.8, 4) is 0 Å². The SMILES string of the molecule is O=C(O)CS(=O)(=O)c1ccc(C2=CC=CCC2=S(=O)=O)cc1. The van der Waals surface area contributed by atoms with Crippen LogP contribution in [0.5, 0.6) is 0 Å². The van der Waals surface area contributed by atoms with Gasteiger partial charge in [-0.1, -0.05) is 30.4 Å². The third kappa shape index (κ3) is 3.52. The Kier molecular flexibility index (Phi) is 4.62. The van der Waals surface area contributed by atoms with Crippen LogP contribution in [-0.2, 0) is 24.9 Å². The number of carboxylic acid groups (broad SMARTS) is 1. The lowest BCUT2D eigenvalue weighted by Gasteiger charge is -2.11. The van der Waals surface area contributed by atoms with Crippen LogP contribution in [0, 0.1) is 0 Å². The highest BCUT2D eigenvalue weighted by Crippen LogP contribution is 2.23. The predicted octanol–water partition coefficient (Wildman–Crippen LogP) is 0.940. The smallest absolute Gasteiger partial charge is 0.319 e. The summed E-state index contributed by atoms with van der Waals surface area (Å²) >= 11 is 0. The van der Waals surface area contributed by atoms with Crippen molar-refractivity contribution in [2.24, 2.45) is 0 Å². The zero-order chi connectivity index (χ0) is 16.3. The zero-order valence-corrected chi connectivity index (χ0v) is 12.9. The third-order valence-electron chi connectivity index (χ3n) is 3.04. The maximum absolute atomic E-state index is 11.8. The van der Waals surface area contributed by atoms with Gasteiger partial charge in [0.1, 0.15) is 0 Å². The maximum Gasteiger partial charge on any atom is 0.319 e. The Morgan fingerprint density at radius 3 is 2.36 bits per heavy atom. The van der Waals surface area contributed by atoms with E-state index < -0.39 is 31.9 Å². The molecule has 116 valence electrons. The van der Waals surface area contributed by atoms with E-state index in [4.69, 9.17) is 5.11 Å². The second-order valence-corrected chi connectivity index (χ2v) is 7.50. The fourth-order valence-electron chi connectivity index (χ4n) is 2.05. The highest BCUT2D eigenvalue weighted by molar-refractivity contribution is 7.92. The molecule has 0 heterocycles. The molecule has 1 aliphatic rings. The van der Waals surface area contributed by atoms with Gasteiger partial charge in [0.25, 0.3) is 0 Å². The van der Waals surface area contributed by atoms with Gasteiger partial charge in [-0.15, -0.1) is 0 Å². The summed E-state index contributed by atoms with van der Waals surface area (Å²) in [6, 6.07) is 5.48. The average Bonchev–Trinajstić information content (AvgIpc) is 2.46. The van der Waals surface area contributed by atoms with Gasteiger partial charge >= 0.3 is 5.97 Å². The molecule has 1 aliphatic carbocycles. The number of rotatable bonds is 4. The summed E-state index contributed by atoms with van der Waals surface area (Å²) < 4.78 is 46.0. The van der Waals surface area contributed by atoms with Crippen LogP contribution in [0.15, 0.2) is 47.4 Å². The molecule has 0 spiro atoms. The van der Waals surface area contributed by atoms with E-state index in [9.17, 15) is 21.6 Å². The number of hydrogen-bond donors (Lipinski definition) is 1. The van der Waals surface area contributed by atoms with Gasteiger partial charge in [-0.05, 0) is 17.7 Å². The number of benzene rings is 1. The Bertz CT molecular complexity index is 893. The van der Waals surface area contributed by atoms with Crippen LogP contribution in [0.1, 0.15) is 12.0 Å².